The van der Waals surface area contributed by atoms with Gasteiger partial charge >= 0.3 is 0 Å². The number of aliphatic hydroxyl groups excluding tert-OH is 2. The van der Waals surface area contributed by atoms with Gasteiger partial charge < -0.3 is 19.7 Å². The van der Waals surface area contributed by atoms with Gasteiger partial charge in [0.1, 0.15) is 11.5 Å². The first-order chi connectivity index (χ1) is 11.5. The predicted molar refractivity (Wildman–Crippen MR) is 92.9 cm³/mol. The Balaban J connectivity index is 2.43. The zero-order chi connectivity index (χ0) is 17.9. The summed E-state index contributed by atoms with van der Waals surface area (Å²) in [6.07, 6.45) is 0.848. The molecule has 0 aliphatic heterocycles. The van der Waals surface area contributed by atoms with Crippen molar-refractivity contribution in [2.45, 2.75) is 45.8 Å². The largest absolute Gasteiger partial charge is 0.497 e. The van der Waals surface area contributed by atoms with Gasteiger partial charge in [0, 0.05) is 18.4 Å². The van der Waals surface area contributed by atoms with Crippen molar-refractivity contribution < 1.29 is 24.5 Å². The molecule has 3 atom stereocenters. The van der Waals surface area contributed by atoms with Crippen molar-refractivity contribution in [3.8, 4) is 5.75 Å². The highest BCUT2D eigenvalue weighted by Crippen LogP contribution is 2.20. The first-order valence-electron chi connectivity index (χ1n) is 8.56. The van der Waals surface area contributed by atoms with Crippen LogP contribution in [0.25, 0.3) is 0 Å². The van der Waals surface area contributed by atoms with Crippen LogP contribution in [0.15, 0.2) is 24.3 Å². The number of ether oxygens (including phenoxy) is 2. The van der Waals surface area contributed by atoms with Crippen molar-refractivity contribution in [1.82, 2.24) is 0 Å². The number of hydrogen-bond acceptors (Lipinski definition) is 5. The van der Waals surface area contributed by atoms with E-state index in [0.29, 0.717) is 32.5 Å². The second-order valence-corrected chi connectivity index (χ2v) is 6.11. The van der Waals surface area contributed by atoms with Crippen LogP contribution in [0.3, 0.4) is 0 Å². The predicted octanol–water partition coefficient (Wildman–Crippen LogP) is 2.58. The molecule has 0 radical (unpaired) electrons. The topological polar surface area (TPSA) is 76.0 Å². The first-order valence-corrected chi connectivity index (χ1v) is 8.56. The number of Topliss-reactive ketones (excluding diaryl/α,β-unsaturated/α-hetero) is 1. The van der Waals surface area contributed by atoms with E-state index in [4.69, 9.17) is 14.6 Å². The molecule has 0 heterocycles. The number of carbonyl (C=O) groups is 1. The first kappa shape index (κ1) is 20.6. The van der Waals surface area contributed by atoms with E-state index < -0.39 is 12.0 Å². The molecule has 0 amide bonds. The van der Waals surface area contributed by atoms with Gasteiger partial charge in [-0.3, -0.25) is 4.79 Å². The van der Waals surface area contributed by atoms with E-state index in [1.54, 1.807) is 7.11 Å². The monoisotopic (exact) mass is 338 g/mol. The molecule has 1 aromatic carbocycles. The molecule has 136 valence electrons. The van der Waals surface area contributed by atoms with Gasteiger partial charge in [0.25, 0.3) is 0 Å². The summed E-state index contributed by atoms with van der Waals surface area (Å²) < 4.78 is 10.8. The van der Waals surface area contributed by atoms with Gasteiger partial charge in [-0.25, -0.2) is 0 Å². The highest BCUT2D eigenvalue weighted by Gasteiger charge is 2.28. The summed E-state index contributed by atoms with van der Waals surface area (Å²) >= 11 is 0. The normalized spacial score (nSPS) is 14.9. The molecule has 5 heteroatoms. The van der Waals surface area contributed by atoms with Crippen molar-refractivity contribution >= 4 is 5.78 Å². The Kier molecular flexibility index (Phi) is 9.60. The van der Waals surface area contributed by atoms with Crippen LogP contribution in [-0.4, -0.2) is 42.4 Å². The maximum absolute atomic E-state index is 12.5. The van der Waals surface area contributed by atoms with E-state index in [9.17, 15) is 9.90 Å². The number of benzene rings is 1. The summed E-state index contributed by atoms with van der Waals surface area (Å²) in [5.41, 5.74) is 1.02. The second kappa shape index (κ2) is 11.2. The lowest BCUT2D eigenvalue weighted by Crippen LogP contribution is -2.33. The SMILES string of the molecule is CC[C@@H](C(=O)[C@H](C)COCc1ccc(OC)cc1)[C@H](O)CCCO. The minimum Gasteiger partial charge on any atom is -0.497 e. The van der Waals surface area contributed by atoms with Gasteiger partial charge in [-0.1, -0.05) is 26.0 Å². The minimum absolute atomic E-state index is 0.0256. The molecule has 0 spiro atoms. The molecule has 2 N–H and O–H groups in total. The molecule has 1 aromatic rings. The Morgan fingerprint density at radius 2 is 1.92 bits per heavy atom. The fraction of sp³-hybridized carbons (Fsp3) is 0.632. The molecule has 5 nitrogen and oxygen atoms in total. The number of methoxy groups -OCH3 is 1. The lowest BCUT2D eigenvalue weighted by molar-refractivity contribution is -0.132. The van der Waals surface area contributed by atoms with Gasteiger partial charge in [0.2, 0.25) is 0 Å². The van der Waals surface area contributed by atoms with E-state index >= 15 is 0 Å². The fourth-order valence-corrected chi connectivity index (χ4v) is 2.69. The van der Waals surface area contributed by atoms with Crippen molar-refractivity contribution in [2.24, 2.45) is 11.8 Å². The second-order valence-electron chi connectivity index (χ2n) is 6.11. The lowest BCUT2D eigenvalue weighted by atomic mass is 9.86. The van der Waals surface area contributed by atoms with Crippen molar-refractivity contribution in [3.63, 3.8) is 0 Å². The van der Waals surface area contributed by atoms with Gasteiger partial charge in [-0.15, -0.1) is 0 Å². The number of ketones is 1. The van der Waals surface area contributed by atoms with Crippen molar-refractivity contribution in [3.05, 3.63) is 29.8 Å². The van der Waals surface area contributed by atoms with Crippen LogP contribution in [0.2, 0.25) is 0 Å². The van der Waals surface area contributed by atoms with Crippen LogP contribution in [0.1, 0.15) is 38.7 Å². The Morgan fingerprint density at radius 1 is 1.25 bits per heavy atom. The third-order valence-electron chi connectivity index (χ3n) is 4.21. The van der Waals surface area contributed by atoms with Crippen LogP contribution in [0.5, 0.6) is 5.75 Å². The molecule has 0 bridgehead atoms. The highest BCUT2D eigenvalue weighted by atomic mass is 16.5. The molecular formula is C19H30O5. The smallest absolute Gasteiger partial charge is 0.143 e. The average Bonchev–Trinajstić information content (AvgIpc) is 2.60. The summed E-state index contributed by atoms with van der Waals surface area (Å²) in [5.74, 6) is 0.163. The van der Waals surface area contributed by atoms with Crippen molar-refractivity contribution in [2.75, 3.05) is 20.3 Å². The minimum atomic E-state index is -0.696. The molecule has 0 saturated carbocycles. The molecule has 24 heavy (non-hydrogen) atoms. The number of carbonyl (C=O) groups excluding carboxylic acids is 1. The van der Waals surface area contributed by atoms with Crippen LogP contribution < -0.4 is 4.74 Å². The van der Waals surface area contributed by atoms with Crippen molar-refractivity contribution in [1.29, 1.82) is 0 Å². The van der Waals surface area contributed by atoms with Gasteiger partial charge in [0.15, 0.2) is 0 Å². The van der Waals surface area contributed by atoms with E-state index in [0.717, 1.165) is 11.3 Å². The molecule has 0 fully saturated rings. The van der Waals surface area contributed by atoms with Gasteiger partial charge in [-0.05, 0) is 37.0 Å². The van der Waals surface area contributed by atoms with Crippen LogP contribution in [-0.2, 0) is 16.1 Å². The quantitative estimate of drug-likeness (QED) is 0.613. The zero-order valence-electron chi connectivity index (χ0n) is 14.9. The van der Waals surface area contributed by atoms with Crippen LogP contribution in [0.4, 0.5) is 0 Å². The van der Waals surface area contributed by atoms with Crippen LogP contribution >= 0.6 is 0 Å². The average molecular weight is 338 g/mol. The molecule has 0 unspecified atom stereocenters. The molecule has 1 rings (SSSR count). The number of hydrogen-bond donors (Lipinski definition) is 2. The third-order valence-corrected chi connectivity index (χ3v) is 4.21. The summed E-state index contributed by atoms with van der Waals surface area (Å²) in [5, 5.41) is 19.0. The maximum Gasteiger partial charge on any atom is 0.143 e. The van der Waals surface area contributed by atoms with E-state index in [2.05, 4.69) is 0 Å². The van der Waals surface area contributed by atoms with Gasteiger partial charge in [-0.2, -0.15) is 0 Å². The van der Waals surface area contributed by atoms with Crippen LogP contribution in [0, 0.1) is 11.8 Å². The highest BCUT2D eigenvalue weighted by molar-refractivity contribution is 5.83. The summed E-state index contributed by atoms with van der Waals surface area (Å²) in [6, 6.07) is 7.60. The summed E-state index contributed by atoms with van der Waals surface area (Å²) in [4.78, 5) is 12.5. The molecule has 0 aliphatic rings. The fourth-order valence-electron chi connectivity index (χ4n) is 2.69. The molecule has 0 aromatic heterocycles. The van der Waals surface area contributed by atoms with E-state index in [-0.39, 0.29) is 18.3 Å². The molecule has 0 saturated heterocycles. The standard InChI is InChI=1S/C19H30O5/c1-4-17(18(21)6-5-11-20)19(22)14(2)12-24-13-15-7-9-16(23-3)10-8-15/h7-10,14,17-18,20-21H,4-6,11-13H2,1-3H3/t14-,17-,18-/m1/s1. The zero-order valence-corrected chi connectivity index (χ0v) is 14.9. The summed E-state index contributed by atoms with van der Waals surface area (Å²) in [6.45, 7) is 4.52. The van der Waals surface area contributed by atoms with Gasteiger partial charge in [0.05, 0.1) is 26.4 Å². The maximum atomic E-state index is 12.5. The Labute approximate surface area is 144 Å². The van der Waals surface area contributed by atoms with E-state index in [1.807, 2.05) is 38.1 Å². The number of rotatable bonds is 12. The Bertz CT molecular complexity index is 471. The van der Waals surface area contributed by atoms with E-state index in [1.165, 1.54) is 0 Å². The lowest BCUT2D eigenvalue weighted by Gasteiger charge is -2.23. The molecular weight excluding hydrogens is 308 g/mol. The summed E-state index contributed by atoms with van der Waals surface area (Å²) in [7, 11) is 1.62. The molecule has 0 aliphatic carbocycles. The Hall–Kier alpha value is -1.43. The number of aliphatic hydroxyl groups is 2. The third kappa shape index (κ3) is 6.59. The Morgan fingerprint density at radius 3 is 2.46 bits per heavy atom.